The number of ether oxygens (including phenoxy) is 1. The van der Waals surface area contributed by atoms with Crippen LogP contribution in [-0.4, -0.2) is 28.1 Å². The Kier molecular flexibility index (Phi) is 3.92. The summed E-state index contributed by atoms with van der Waals surface area (Å²) in [6.45, 7) is 8.74. The van der Waals surface area contributed by atoms with E-state index in [0.717, 1.165) is 29.7 Å². The predicted octanol–water partition coefficient (Wildman–Crippen LogP) is 3.10. The van der Waals surface area contributed by atoms with E-state index in [1.807, 2.05) is 29.1 Å². The van der Waals surface area contributed by atoms with Crippen LogP contribution in [-0.2, 0) is 15.9 Å². The first-order valence-corrected chi connectivity index (χ1v) is 8.97. The summed E-state index contributed by atoms with van der Waals surface area (Å²) in [6, 6.07) is 10.6. The van der Waals surface area contributed by atoms with Crippen molar-refractivity contribution in [3.63, 3.8) is 0 Å². The van der Waals surface area contributed by atoms with E-state index in [2.05, 4.69) is 44.9 Å². The zero-order valence-corrected chi connectivity index (χ0v) is 15.4. The van der Waals surface area contributed by atoms with E-state index < -0.39 is 7.12 Å². The van der Waals surface area contributed by atoms with Gasteiger partial charge in [-0.2, -0.15) is 5.10 Å². The van der Waals surface area contributed by atoms with E-state index in [0.29, 0.717) is 12.6 Å². The quantitative estimate of drug-likeness (QED) is 0.785. The number of hydrogen-bond acceptors (Lipinski definition) is 4. The van der Waals surface area contributed by atoms with Crippen LogP contribution < -0.4 is 10.2 Å². The van der Waals surface area contributed by atoms with Crippen molar-refractivity contribution < 1.29 is 14.0 Å². The first-order chi connectivity index (χ1) is 11.9. The highest BCUT2D eigenvalue weighted by Gasteiger charge is 2.53. The Hall–Kier alpha value is -1.79. The van der Waals surface area contributed by atoms with Crippen LogP contribution in [0, 0.1) is 0 Å². The van der Waals surface area contributed by atoms with Gasteiger partial charge in [-0.15, -0.1) is 0 Å². The first kappa shape index (κ1) is 16.7. The lowest BCUT2D eigenvalue weighted by Crippen LogP contribution is -2.41. The topological polar surface area (TPSA) is 45.5 Å². The van der Waals surface area contributed by atoms with Gasteiger partial charge in [-0.1, -0.05) is 30.3 Å². The van der Waals surface area contributed by atoms with Crippen molar-refractivity contribution in [2.24, 2.45) is 0 Å². The monoisotopic (exact) mass is 340 g/mol. The van der Waals surface area contributed by atoms with Gasteiger partial charge in [0, 0.05) is 0 Å². The SMILES string of the molecule is CC1(C)OB(c2cnn(C3CC3)c2OCc2ccccc2)OC1(C)C. The maximum absolute atomic E-state index is 6.20. The molecule has 1 aromatic heterocycles. The normalized spacial score (nSPS) is 21.5. The van der Waals surface area contributed by atoms with Crippen molar-refractivity contribution in [2.45, 2.75) is 64.4 Å². The molecule has 0 N–H and O–H groups in total. The molecule has 0 spiro atoms. The minimum absolute atomic E-state index is 0.379. The van der Waals surface area contributed by atoms with Gasteiger partial charge < -0.3 is 14.0 Å². The molecule has 0 bridgehead atoms. The summed E-state index contributed by atoms with van der Waals surface area (Å²) in [5.74, 6) is 0.768. The molecule has 2 heterocycles. The van der Waals surface area contributed by atoms with Crippen molar-refractivity contribution in [1.29, 1.82) is 0 Å². The molecule has 5 nitrogen and oxygen atoms in total. The van der Waals surface area contributed by atoms with Crippen molar-refractivity contribution >= 4 is 12.6 Å². The van der Waals surface area contributed by atoms with Gasteiger partial charge in [0.15, 0.2) is 0 Å². The molecule has 0 amide bonds. The molecule has 0 unspecified atom stereocenters. The molecule has 2 fully saturated rings. The standard InChI is InChI=1S/C19H25BN2O3/c1-18(2)19(3,4)25-20(24-18)16-12-21-22(15-10-11-15)17(16)23-13-14-8-6-5-7-9-14/h5-9,12,15H,10-11,13H2,1-4H3. The molecule has 1 saturated carbocycles. The van der Waals surface area contributed by atoms with Gasteiger partial charge in [-0.25, -0.2) is 4.68 Å². The van der Waals surface area contributed by atoms with Crippen LogP contribution in [0.4, 0.5) is 0 Å². The van der Waals surface area contributed by atoms with Gasteiger partial charge in [0.25, 0.3) is 0 Å². The summed E-state index contributed by atoms with van der Waals surface area (Å²) in [6.07, 6.45) is 4.12. The van der Waals surface area contributed by atoms with Gasteiger partial charge in [0.05, 0.1) is 28.9 Å². The highest BCUT2D eigenvalue weighted by Crippen LogP contribution is 2.40. The number of hydrogen-bond donors (Lipinski definition) is 0. The minimum Gasteiger partial charge on any atom is -0.473 e. The predicted molar refractivity (Wildman–Crippen MR) is 97.0 cm³/mol. The molecular formula is C19H25BN2O3. The second-order valence-electron chi connectivity index (χ2n) is 7.94. The average Bonchev–Trinajstić information content (AvgIpc) is 3.27. The Morgan fingerprint density at radius 1 is 1.12 bits per heavy atom. The summed E-state index contributed by atoms with van der Waals surface area (Å²) in [7, 11) is -0.455. The third-order valence-corrected chi connectivity index (χ3v) is 5.39. The van der Waals surface area contributed by atoms with Crippen LogP contribution in [0.25, 0.3) is 0 Å². The lowest BCUT2D eigenvalue weighted by molar-refractivity contribution is 0.00578. The van der Waals surface area contributed by atoms with Crippen LogP contribution in [0.1, 0.15) is 52.1 Å². The Morgan fingerprint density at radius 3 is 2.36 bits per heavy atom. The smallest absolute Gasteiger partial charge is 0.473 e. The number of aromatic nitrogens is 2. The Balaban J connectivity index is 1.60. The molecule has 25 heavy (non-hydrogen) atoms. The van der Waals surface area contributed by atoms with E-state index in [1.165, 1.54) is 0 Å². The minimum atomic E-state index is -0.455. The average molecular weight is 340 g/mol. The largest absolute Gasteiger partial charge is 0.502 e. The molecule has 4 rings (SSSR count). The summed E-state index contributed by atoms with van der Waals surface area (Å²) in [5, 5.41) is 4.56. The van der Waals surface area contributed by atoms with E-state index in [-0.39, 0.29) is 11.2 Å². The molecule has 132 valence electrons. The summed E-state index contributed by atoms with van der Waals surface area (Å²) < 4.78 is 20.6. The van der Waals surface area contributed by atoms with E-state index >= 15 is 0 Å². The highest BCUT2D eigenvalue weighted by molar-refractivity contribution is 6.63. The Labute approximate surface area is 149 Å². The van der Waals surface area contributed by atoms with Crippen LogP contribution in [0.2, 0.25) is 0 Å². The molecule has 0 radical (unpaired) electrons. The maximum Gasteiger partial charge on any atom is 0.502 e. The molecule has 6 heteroatoms. The summed E-state index contributed by atoms with van der Waals surface area (Å²) >= 11 is 0. The van der Waals surface area contributed by atoms with Gasteiger partial charge in [0.1, 0.15) is 6.61 Å². The fourth-order valence-electron chi connectivity index (χ4n) is 2.95. The third-order valence-electron chi connectivity index (χ3n) is 5.39. The van der Waals surface area contributed by atoms with Gasteiger partial charge in [0.2, 0.25) is 5.88 Å². The van der Waals surface area contributed by atoms with Crippen LogP contribution in [0.3, 0.4) is 0 Å². The maximum atomic E-state index is 6.20. The van der Waals surface area contributed by atoms with Crippen LogP contribution in [0.5, 0.6) is 5.88 Å². The lowest BCUT2D eigenvalue weighted by Gasteiger charge is -2.32. The molecule has 1 aromatic carbocycles. The second-order valence-corrected chi connectivity index (χ2v) is 7.94. The van der Waals surface area contributed by atoms with Crippen molar-refractivity contribution in [3.8, 4) is 5.88 Å². The molecule has 1 aliphatic carbocycles. The molecule has 0 atom stereocenters. The van der Waals surface area contributed by atoms with Gasteiger partial charge in [-0.05, 0) is 46.1 Å². The molecule has 1 aliphatic heterocycles. The fourth-order valence-corrected chi connectivity index (χ4v) is 2.95. The molecule has 1 saturated heterocycles. The number of benzene rings is 1. The van der Waals surface area contributed by atoms with Crippen LogP contribution in [0.15, 0.2) is 36.5 Å². The number of nitrogens with zero attached hydrogens (tertiary/aromatic N) is 2. The fraction of sp³-hybridized carbons (Fsp3) is 0.526. The second kappa shape index (κ2) is 5.89. The van der Waals surface area contributed by atoms with Gasteiger partial charge >= 0.3 is 7.12 Å². The number of rotatable bonds is 5. The highest BCUT2D eigenvalue weighted by atomic mass is 16.7. The van der Waals surface area contributed by atoms with E-state index in [9.17, 15) is 0 Å². The first-order valence-electron chi connectivity index (χ1n) is 8.97. The summed E-state index contributed by atoms with van der Waals surface area (Å²) in [4.78, 5) is 0. The van der Waals surface area contributed by atoms with Crippen molar-refractivity contribution in [3.05, 3.63) is 42.1 Å². The van der Waals surface area contributed by atoms with Gasteiger partial charge in [-0.3, -0.25) is 0 Å². The summed E-state index contributed by atoms with van der Waals surface area (Å²) in [5.41, 5.74) is 1.25. The third kappa shape index (κ3) is 3.09. The molecule has 2 aromatic rings. The lowest BCUT2D eigenvalue weighted by atomic mass is 9.81. The zero-order valence-electron chi connectivity index (χ0n) is 15.4. The molecular weight excluding hydrogens is 315 g/mol. The van der Waals surface area contributed by atoms with Crippen molar-refractivity contribution in [1.82, 2.24) is 9.78 Å². The zero-order chi connectivity index (χ0) is 17.7. The molecule has 2 aliphatic rings. The Morgan fingerprint density at radius 2 is 1.76 bits per heavy atom. The Bertz CT molecular complexity index is 737. The van der Waals surface area contributed by atoms with Crippen molar-refractivity contribution in [2.75, 3.05) is 0 Å². The van der Waals surface area contributed by atoms with E-state index in [1.54, 1.807) is 0 Å². The van der Waals surface area contributed by atoms with Crippen LogP contribution >= 0.6 is 0 Å². The van der Waals surface area contributed by atoms with E-state index in [4.69, 9.17) is 14.0 Å².